The van der Waals surface area contributed by atoms with Crippen molar-refractivity contribution < 1.29 is 9.47 Å². The number of nitriles is 1. The van der Waals surface area contributed by atoms with Crippen LogP contribution in [0.25, 0.3) is 16.8 Å². The monoisotopic (exact) mass is 400 g/mol. The van der Waals surface area contributed by atoms with E-state index in [1.807, 2.05) is 30.9 Å². The Morgan fingerprint density at radius 2 is 2.32 bits per heavy atom. The zero-order chi connectivity index (χ0) is 19.8. The quantitative estimate of drug-likeness (QED) is 0.484. The van der Waals surface area contributed by atoms with Crippen molar-refractivity contribution >= 4 is 17.1 Å². The number of pyridine rings is 1. The van der Waals surface area contributed by atoms with Crippen molar-refractivity contribution in [2.75, 3.05) is 20.3 Å². The normalized spacial score (nSPS) is 16.5. The van der Waals surface area contributed by atoms with E-state index in [0.29, 0.717) is 30.5 Å². The van der Waals surface area contributed by atoms with Gasteiger partial charge in [-0.3, -0.25) is 4.68 Å². The van der Waals surface area contributed by atoms with Gasteiger partial charge in [-0.25, -0.2) is 4.52 Å². The zero-order valence-electron chi connectivity index (χ0n) is 16.0. The molecule has 0 bridgehead atoms. The molecule has 1 aliphatic heterocycles. The van der Waals surface area contributed by atoms with E-state index in [-0.39, 0.29) is 6.10 Å². The second kappa shape index (κ2) is 7.34. The van der Waals surface area contributed by atoms with Crippen molar-refractivity contribution in [3.8, 4) is 23.2 Å². The number of rotatable bonds is 5. The lowest BCUT2D eigenvalue weighted by atomic mass is 10.1. The van der Waals surface area contributed by atoms with E-state index < -0.39 is 0 Å². The van der Waals surface area contributed by atoms with Crippen LogP contribution in [0.4, 0.5) is 0 Å². The van der Waals surface area contributed by atoms with Crippen molar-refractivity contribution in [3.63, 3.8) is 0 Å². The lowest BCUT2D eigenvalue weighted by molar-refractivity contribution is 0.142. The highest BCUT2D eigenvalue weighted by atomic mass is 35.5. The van der Waals surface area contributed by atoms with Crippen LogP contribution < -0.4 is 4.74 Å². The van der Waals surface area contributed by atoms with Gasteiger partial charge in [-0.15, -0.1) is 0 Å². The highest BCUT2D eigenvalue weighted by Gasteiger charge is 2.22. The van der Waals surface area contributed by atoms with Gasteiger partial charge in [0.15, 0.2) is 6.19 Å². The SMILES string of the molecule is Cc1c(-c2cc(OC3CCOC3)c3c(Cl)cnn3c2)nn(C)c1CN(C)C#N. The average Bonchev–Trinajstić information content (AvgIpc) is 3.38. The molecule has 3 aromatic rings. The van der Waals surface area contributed by atoms with Crippen LogP contribution >= 0.6 is 11.6 Å². The largest absolute Gasteiger partial charge is 0.486 e. The highest BCUT2D eigenvalue weighted by molar-refractivity contribution is 6.34. The maximum atomic E-state index is 9.09. The molecule has 0 radical (unpaired) electrons. The molecule has 4 heterocycles. The second-order valence-corrected chi connectivity index (χ2v) is 7.39. The summed E-state index contributed by atoms with van der Waals surface area (Å²) in [5, 5.41) is 18.7. The number of aryl methyl sites for hydroxylation is 1. The van der Waals surface area contributed by atoms with E-state index in [0.717, 1.165) is 34.5 Å². The molecule has 0 saturated carbocycles. The standard InChI is InChI=1S/C19H21ClN6O2/c1-12-16(9-24(2)11-21)25(3)23-18(12)13-6-17(28-14-4-5-27-10-14)19-15(20)7-22-26(19)8-13/h6-8,14H,4-5,9-10H2,1-3H3. The van der Waals surface area contributed by atoms with E-state index in [1.165, 1.54) is 0 Å². The number of hydrogen-bond donors (Lipinski definition) is 0. The molecule has 1 aliphatic rings. The van der Waals surface area contributed by atoms with Crippen LogP contribution in [0.5, 0.6) is 5.75 Å². The van der Waals surface area contributed by atoms with Gasteiger partial charge in [0, 0.05) is 37.8 Å². The van der Waals surface area contributed by atoms with Gasteiger partial charge in [0.1, 0.15) is 17.4 Å². The molecule has 8 nitrogen and oxygen atoms in total. The first-order valence-corrected chi connectivity index (χ1v) is 9.40. The summed E-state index contributed by atoms with van der Waals surface area (Å²) in [7, 11) is 3.63. The summed E-state index contributed by atoms with van der Waals surface area (Å²) < 4.78 is 15.1. The summed E-state index contributed by atoms with van der Waals surface area (Å²) in [5.41, 5.74) is 4.42. The zero-order valence-corrected chi connectivity index (χ0v) is 16.8. The number of fused-ring (bicyclic) bond motifs is 1. The Morgan fingerprint density at radius 1 is 1.50 bits per heavy atom. The fourth-order valence-electron chi connectivity index (χ4n) is 3.47. The van der Waals surface area contributed by atoms with Gasteiger partial charge >= 0.3 is 0 Å². The molecular weight excluding hydrogens is 380 g/mol. The van der Waals surface area contributed by atoms with E-state index in [2.05, 4.69) is 16.4 Å². The molecule has 0 aromatic carbocycles. The van der Waals surface area contributed by atoms with Crippen molar-refractivity contribution in [3.05, 3.63) is 34.7 Å². The van der Waals surface area contributed by atoms with Crippen LogP contribution in [-0.2, 0) is 18.3 Å². The molecule has 9 heteroatoms. The van der Waals surface area contributed by atoms with Gasteiger partial charge in [0.05, 0.1) is 42.4 Å². The van der Waals surface area contributed by atoms with Crippen LogP contribution in [0.3, 0.4) is 0 Å². The van der Waals surface area contributed by atoms with Gasteiger partial charge in [-0.05, 0) is 13.0 Å². The van der Waals surface area contributed by atoms with Crippen molar-refractivity contribution in [1.29, 1.82) is 5.26 Å². The minimum Gasteiger partial charge on any atom is -0.486 e. The molecule has 1 unspecified atom stereocenters. The van der Waals surface area contributed by atoms with E-state index >= 15 is 0 Å². The average molecular weight is 401 g/mol. The fourth-order valence-corrected chi connectivity index (χ4v) is 3.70. The molecule has 0 amide bonds. The van der Waals surface area contributed by atoms with Crippen molar-refractivity contribution in [1.82, 2.24) is 24.3 Å². The minimum atomic E-state index is -0.00492. The van der Waals surface area contributed by atoms with Crippen LogP contribution in [0.2, 0.25) is 5.02 Å². The molecule has 146 valence electrons. The number of ether oxygens (including phenoxy) is 2. The Bertz CT molecular complexity index is 1060. The van der Waals surface area contributed by atoms with Crippen LogP contribution in [0.1, 0.15) is 17.7 Å². The van der Waals surface area contributed by atoms with Gasteiger partial charge in [-0.1, -0.05) is 11.6 Å². The summed E-state index contributed by atoms with van der Waals surface area (Å²) in [6.07, 6.45) is 6.47. The smallest absolute Gasteiger partial charge is 0.179 e. The maximum Gasteiger partial charge on any atom is 0.179 e. The van der Waals surface area contributed by atoms with Crippen molar-refractivity contribution in [2.24, 2.45) is 7.05 Å². The van der Waals surface area contributed by atoms with E-state index in [4.69, 9.17) is 26.3 Å². The Morgan fingerprint density at radius 3 is 3.04 bits per heavy atom. The van der Waals surface area contributed by atoms with E-state index in [9.17, 15) is 0 Å². The molecule has 1 saturated heterocycles. The summed E-state index contributed by atoms with van der Waals surface area (Å²) in [5.74, 6) is 0.663. The summed E-state index contributed by atoms with van der Waals surface area (Å²) in [6, 6.07) is 1.95. The summed E-state index contributed by atoms with van der Waals surface area (Å²) in [6.45, 7) is 3.76. The Hall–Kier alpha value is -2.76. The minimum absolute atomic E-state index is 0.00492. The third kappa shape index (κ3) is 3.28. The predicted molar refractivity (Wildman–Crippen MR) is 104 cm³/mol. The lowest BCUT2D eigenvalue weighted by Gasteiger charge is -2.14. The number of nitrogens with zero attached hydrogens (tertiary/aromatic N) is 6. The van der Waals surface area contributed by atoms with Gasteiger partial charge in [-0.2, -0.15) is 15.5 Å². The van der Waals surface area contributed by atoms with Crippen LogP contribution in [0, 0.1) is 18.4 Å². The Kier molecular flexibility index (Phi) is 4.87. The third-order valence-electron chi connectivity index (χ3n) is 4.97. The highest BCUT2D eigenvalue weighted by Crippen LogP contribution is 2.34. The fraction of sp³-hybridized carbons (Fsp3) is 0.421. The first-order chi connectivity index (χ1) is 13.5. The Balaban J connectivity index is 1.79. The topological polar surface area (TPSA) is 80.6 Å². The number of aromatic nitrogens is 4. The van der Waals surface area contributed by atoms with Crippen molar-refractivity contribution in [2.45, 2.75) is 26.0 Å². The number of hydrogen-bond acceptors (Lipinski definition) is 6. The molecule has 28 heavy (non-hydrogen) atoms. The predicted octanol–water partition coefficient (Wildman–Crippen LogP) is 2.78. The lowest BCUT2D eigenvalue weighted by Crippen LogP contribution is -2.16. The first-order valence-electron chi connectivity index (χ1n) is 9.03. The molecule has 4 rings (SSSR count). The van der Waals surface area contributed by atoms with Crippen LogP contribution in [-0.4, -0.2) is 50.7 Å². The summed E-state index contributed by atoms with van der Waals surface area (Å²) in [4.78, 5) is 1.57. The molecular formula is C19H21ClN6O2. The summed E-state index contributed by atoms with van der Waals surface area (Å²) >= 11 is 6.34. The second-order valence-electron chi connectivity index (χ2n) is 6.98. The molecule has 1 atom stereocenters. The molecule has 0 spiro atoms. The van der Waals surface area contributed by atoms with Gasteiger partial charge in [0.2, 0.25) is 0 Å². The Labute approximate surface area is 167 Å². The van der Waals surface area contributed by atoms with Gasteiger partial charge in [0.25, 0.3) is 0 Å². The third-order valence-corrected chi connectivity index (χ3v) is 5.25. The first kappa shape index (κ1) is 18.6. The molecule has 0 N–H and O–H groups in total. The maximum absolute atomic E-state index is 9.09. The molecule has 1 fully saturated rings. The molecule has 3 aromatic heterocycles. The number of halogens is 1. The van der Waals surface area contributed by atoms with Crippen LogP contribution in [0.15, 0.2) is 18.5 Å². The van der Waals surface area contributed by atoms with Gasteiger partial charge < -0.3 is 14.4 Å². The molecule has 0 aliphatic carbocycles. The van der Waals surface area contributed by atoms with E-state index in [1.54, 1.807) is 22.7 Å².